The van der Waals surface area contributed by atoms with Crippen molar-refractivity contribution in [2.24, 2.45) is 0 Å². The summed E-state index contributed by atoms with van der Waals surface area (Å²) >= 11 is 0. The largest absolute Gasteiger partial charge is 0.493 e. The number of anilines is 1. The molecule has 1 N–H and O–H groups in total. The number of hydrogen-bond acceptors (Lipinski definition) is 5. The van der Waals surface area contributed by atoms with Crippen molar-refractivity contribution >= 4 is 18.1 Å². The number of fused-ring (bicyclic) bond motifs is 1. The van der Waals surface area contributed by atoms with Gasteiger partial charge >= 0.3 is 12.1 Å². The van der Waals surface area contributed by atoms with E-state index in [-0.39, 0.29) is 17.7 Å². The number of carbonyl (C=O) groups excluding carboxylic acids is 2. The number of amides is 1. The first-order chi connectivity index (χ1) is 21.4. The van der Waals surface area contributed by atoms with Crippen LogP contribution >= 0.6 is 0 Å². The molecule has 1 aliphatic heterocycles. The van der Waals surface area contributed by atoms with E-state index in [0.29, 0.717) is 53.1 Å². The van der Waals surface area contributed by atoms with E-state index in [0.717, 1.165) is 18.1 Å². The molecule has 1 aliphatic rings. The van der Waals surface area contributed by atoms with Crippen molar-refractivity contribution in [2.75, 3.05) is 11.9 Å². The van der Waals surface area contributed by atoms with Crippen LogP contribution in [0.4, 0.5) is 18.9 Å². The molecule has 45 heavy (non-hydrogen) atoms. The lowest BCUT2D eigenvalue weighted by Crippen LogP contribution is -2.31. The van der Waals surface area contributed by atoms with Crippen LogP contribution in [0.1, 0.15) is 55.5 Å². The molecule has 234 valence electrons. The number of alkyl halides is 3. The zero-order valence-corrected chi connectivity index (χ0v) is 25.2. The fourth-order valence-electron chi connectivity index (χ4n) is 5.43. The van der Waals surface area contributed by atoms with E-state index in [4.69, 9.17) is 14.2 Å². The summed E-state index contributed by atoms with van der Waals surface area (Å²) in [6, 6.07) is 23.3. The number of ether oxygens (including phenoxy) is 3. The number of esters is 1. The summed E-state index contributed by atoms with van der Waals surface area (Å²) < 4.78 is 62.4. The maximum atomic E-state index is 14.9. The van der Waals surface area contributed by atoms with Gasteiger partial charge in [0.1, 0.15) is 12.4 Å². The Labute approximate surface area is 260 Å². The minimum atomic E-state index is -4.83. The van der Waals surface area contributed by atoms with E-state index in [9.17, 15) is 22.8 Å². The van der Waals surface area contributed by atoms with E-state index in [1.807, 2.05) is 12.1 Å². The molecule has 1 unspecified atom stereocenters. The van der Waals surface area contributed by atoms with Crippen molar-refractivity contribution in [2.45, 2.75) is 58.1 Å². The van der Waals surface area contributed by atoms with Crippen molar-refractivity contribution < 1.29 is 37.0 Å². The molecule has 9 heteroatoms. The van der Waals surface area contributed by atoms with E-state index < -0.39 is 29.4 Å². The first kappa shape index (κ1) is 31.8. The molecule has 0 bridgehead atoms. The molecule has 0 saturated heterocycles. The zero-order valence-electron chi connectivity index (χ0n) is 25.2. The van der Waals surface area contributed by atoms with Crippen molar-refractivity contribution in [1.82, 2.24) is 0 Å². The molecular formula is C36H34F3NO5. The lowest BCUT2D eigenvalue weighted by molar-refractivity contribution is -0.170. The first-order valence-corrected chi connectivity index (χ1v) is 14.6. The topological polar surface area (TPSA) is 73.9 Å². The Morgan fingerprint density at radius 3 is 2.44 bits per heavy atom. The molecule has 1 atom stereocenters. The Hall–Kier alpha value is -4.63. The minimum Gasteiger partial charge on any atom is -0.493 e. The Morgan fingerprint density at radius 2 is 1.73 bits per heavy atom. The third-order valence-electron chi connectivity index (χ3n) is 7.32. The highest BCUT2D eigenvalue weighted by Crippen LogP contribution is 2.47. The van der Waals surface area contributed by atoms with Crippen LogP contribution in [0.15, 0.2) is 84.9 Å². The summed E-state index contributed by atoms with van der Waals surface area (Å²) in [5, 5.41) is 2.60. The highest BCUT2D eigenvalue weighted by atomic mass is 19.4. The molecule has 0 radical (unpaired) electrons. The Balaban J connectivity index is 1.79. The van der Waals surface area contributed by atoms with Crippen LogP contribution in [0.5, 0.6) is 5.75 Å². The second kappa shape index (κ2) is 13.2. The summed E-state index contributed by atoms with van der Waals surface area (Å²) in [7, 11) is 0. The molecule has 6 nitrogen and oxygen atoms in total. The van der Waals surface area contributed by atoms with Crippen molar-refractivity contribution in [1.29, 1.82) is 0 Å². The van der Waals surface area contributed by atoms with Gasteiger partial charge in [-0.25, -0.2) is 4.79 Å². The van der Waals surface area contributed by atoms with Gasteiger partial charge in [0.15, 0.2) is 6.10 Å². The molecule has 1 amide bonds. The monoisotopic (exact) mass is 617 g/mol. The predicted molar refractivity (Wildman–Crippen MR) is 166 cm³/mol. The Bertz CT molecular complexity index is 1680. The summed E-state index contributed by atoms with van der Waals surface area (Å²) in [6.45, 7) is 5.43. The van der Waals surface area contributed by atoms with Crippen LogP contribution in [0, 0.1) is 0 Å². The Morgan fingerprint density at radius 1 is 0.956 bits per heavy atom. The number of hydrogen-bond donors (Lipinski definition) is 1. The van der Waals surface area contributed by atoms with E-state index in [1.165, 1.54) is 6.07 Å². The molecule has 0 fully saturated rings. The van der Waals surface area contributed by atoms with Gasteiger partial charge in [0.25, 0.3) is 0 Å². The number of rotatable bonds is 9. The fraction of sp³-hybridized carbons (Fsp3) is 0.278. The third kappa shape index (κ3) is 7.54. The van der Waals surface area contributed by atoms with Gasteiger partial charge in [-0.2, -0.15) is 13.2 Å². The van der Waals surface area contributed by atoms with Gasteiger partial charge in [-0.1, -0.05) is 54.6 Å². The number of halogens is 3. The van der Waals surface area contributed by atoms with Gasteiger partial charge in [0.2, 0.25) is 6.41 Å². The van der Waals surface area contributed by atoms with Gasteiger partial charge in [0.05, 0.1) is 17.8 Å². The average Bonchev–Trinajstić information content (AvgIpc) is 3.01. The van der Waals surface area contributed by atoms with Crippen molar-refractivity contribution in [3.8, 4) is 28.0 Å². The van der Waals surface area contributed by atoms with Crippen LogP contribution in [0.3, 0.4) is 0 Å². The van der Waals surface area contributed by atoms with Crippen molar-refractivity contribution in [3.63, 3.8) is 0 Å². The highest BCUT2D eigenvalue weighted by molar-refractivity contribution is 5.92. The SMILES string of the molecule is CC(C)(C)OC(C(=O)OCc1ccccc1)c1c(C(F)(F)F)ccc(-c2cccc(NC=O)c2)c1-c1ccc2c(c1)CCCO2. The lowest BCUT2D eigenvalue weighted by Gasteiger charge is -2.31. The fourth-order valence-corrected chi connectivity index (χ4v) is 5.43. The number of aryl methyl sites for hydroxylation is 1. The predicted octanol–water partition coefficient (Wildman–Crippen LogP) is 8.53. The second-order valence-corrected chi connectivity index (χ2v) is 11.8. The third-order valence-corrected chi connectivity index (χ3v) is 7.32. The van der Waals surface area contributed by atoms with Crippen LogP contribution in [0.25, 0.3) is 22.3 Å². The zero-order chi connectivity index (χ0) is 32.2. The maximum Gasteiger partial charge on any atom is 0.416 e. The number of benzene rings is 4. The van der Waals surface area contributed by atoms with Crippen LogP contribution in [-0.2, 0) is 38.3 Å². The maximum absolute atomic E-state index is 14.9. The van der Waals surface area contributed by atoms with Crippen LogP contribution in [-0.4, -0.2) is 24.6 Å². The molecule has 0 spiro atoms. The smallest absolute Gasteiger partial charge is 0.416 e. The Kier molecular flexibility index (Phi) is 9.29. The molecule has 5 rings (SSSR count). The molecule has 4 aromatic rings. The van der Waals surface area contributed by atoms with Crippen molar-refractivity contribution in [3.05, 3.63) is 107 Å². The van der Waals surface area contributed by atoms with E-state index >= 15 is 0 Å². The molecule has 1 heterocycles. The van der Waals surface area contributed by atoms with Gasteiger partial charge < -0.3 is 19.5 Å². The molecule has 4 aromatic carbocycles. The van der Waals surface area contributed by atoms with Gasteiger partial charge in [0, 0.05) is 11.3 Å². The van der Waals surface area contributed by atoms with Gasteiger partial charge in [-0.05, 0) is 97.3 Å². The first-order valence-electron chi connectivity index (χ1n) is 14.6. The van der Waals surface area contributed by atoms with Crippen LogP contribution < -0.4 is 10.1 Å². The summed E-state index contributed by atoms with van der Waals surface area (Å²) in [6.07, 6.45) is -4.59. The summed E-state index contributed by atoms with van der Waals surface area (Å²) in [5.41, 5.74) is 1.19. The summed E-state index contributed by atoms with van der Waals surface area (Å²) in [5.74, 6) is -0.280. The minimum absolute atomic E-state index is 0.143. The highest BCUT2D eigenvalue weighted by Gasteiger charge is 2.42. The number of carbonyl (C=O) groups is 2. The molecule has 0 aromatic heterocycles. The summed E-state index contributed by atoms with van der Waals surface area (Å²) in [4.78, 5) is 25.1. The van der Waals surface area contributed by atoms with Crippen LogP contribution in [0.2, 0.25) is 0 Å². The van der Waals surface area contributed by atoms with E-state index in [1.54, 1.807) is 81.4 Å². The van der Waals surface area contributed by atoms with E-state index in [2.05, 4.69) is 5.32 Å². The normalized spacial score (nSPS) is 13.7. The molecule has 0 aliphatic carbocycles. The standard InChI is InChI=1S/C36H34F3NO5/c1-35(2,3)45-33(34(42)44-21-23-9-5-4-6-10-23)32-29(36(37,38)39)16-15-28(24-11-7-13-27(20-24)40-22-41)31(32)26-14-17-30-25(19-26)12-8-18-43-30/h4-7,9-11,13-17,19-20,22,33H,8,12,18,21H2,1-3H3,(H,40,41). The second-order valence-electron chi connectivity index (χ2n) is 11.8. The average molecular weight is 618 g/mol. The molecular weight excluding hydrogens is 583 g/mol. The lowest BCUT2D eigenvalue weighted by atomic mass is 9.84. The quantitative estimate of drug-likeness (QED) is 0.151. The number of nitrogens with one attached hydrogen (secondary N) is 1. The van der Waals surface area contributed by atoms with Gasteiger partial charge in [-0.15, -0.1) is 0 Å². The van der Waals surface area contributed by atoms with Gasteiger partial charge in [-0.3, -0.25) is 4.79 Å². The molecule has 0 saturated carbocycles.